The Balaban J connectivity index is 6.30. The molecule has 0 unspecified atom stereocenters. The van der Waals surface area contributed by atoms with Gasteiger partial charge in [0.1, 0.15) is 0 Å². The molecule has 1 N–H and O–H groups in total. The van der Waals surface area contributed by atoms with Crippen molar-refractivity contribution in [2.24, 2.45) is 0 Å². The highest BCUT2D eigenvalue weighted by atomic mass is 16.4. The molecule has 0 saturated carbocycles. The van der Waals surface area contributed by atoms with Crippen molar-refractivity contribution in [2.45, 2.75) is 38.7 Å². The van der Waals surface area contributed by atoms with E-state index >= 15 is 0 Å². The van der Waals surface area contributed by atoms with E-state index < -0.39 is 44.7 Å². The Bertz CT molecular complexity index is 462. The minimum absolute atomic E-state index is 2.18. The van der Waals surface area contributed by atoms with Gasteiger partial charge in [-0.25, -0.2) is 0 Å². The average molecular weight is 144 g/mol. The largest absolute Gasteiger partial charge is 0.481 e. The van der Waals surface area contributed by atoms with E-state index in [0.29, 0.717) is 0 Å². The molecule has 0 spiro atoms. The molecule has 0 heterocycles. The maximum Gasteiger partial charge on any atom is 0.303 e. The number of aliphatic carboxylic acids is 1. The third-order valence-corrected chi connectivity index (χ3v) is 0.352. The first-order valence-electron chi connectivity index (χ1n) is 8.82. The van der Waals surface area contributed by atoms with Gasteiger partial charge in [0.05, 0.1) is 0 Å². The Morgan fingerprint density at radius 1 is 1.78 bits per heavy atom. The van der Waals surface area contributed by atoms with Gasteiger partial charge in [0.25, 0.3) is 1.43 Å². The van der Waals surface area contributed by atoms with Gasteiger partial charge in [-0.2, -0.15) is 0 Å². The van der Waals surface area contributed by atoms with Gasteiger partial charge >= 0.3 is 5.97 Å². The van der Waals surface area contributed by atoms with Crippen molar-refractivity contribution >= 4 is 5.97 Å². The first-order valence-corrected chi connectivity index (χ1v) is 1.91. The molecular weight excluding hydrogens is 116 g/mol. The van der Waals surface area contributed by atoms with Crippen LogP contribution < -0.4 is 0 Å². The van der Waals surface area contributed by atoms with E-state index in [4.69, 9.17) is 19.3 Å². The molecule has 2 heteroatoms. The van der Waals surface area contributed by atoms with Gasteiger partial charge in [-0.1, -0.05) is 26.0 Å². The van der Waals surface area contributed by atoms with Gasteiger partial charge in [0, 0.05) is 24.2 Å². The second-order valence-corrected chi connectivity index (χ2v) is 0.912. The normalized spacial score (nSPS) is 41.3. The van der Waals surface area contributed by atoms with Crippen LogP contribution in [0.15, 0.2) is 0 Å². The van der Waals surface area contributed by atoms with E-state index in [0.717, 1.165) is 0 Å². The summed E-state index contributed by atoms with van der Waals surface area (Å²) in [4.78, 5) is 11.2. The van der Waals surface area contributed by atoms with Crippen LogP contribution in [0.5, 0.6) is 0 Å². The molecule has 0 fully saturated rings. The lowest BCUT2D eigenvalue weighted by atomic mass is 10.2. The molecule has 0 aliphatic heterocycles. The Hall–Kier alpha value is -0.530. The quantitative estimate of drug-likeness (QED) is 0.641. The SMILES string of the molecule is [2H]OC(=O)C([2H])([2H])C([2H])([2H])C([2H])([2H])C([2H])([2H])C([2H])([2H])C([2H])([2H])[2H]. The van der Waals surface area contributed by atoms with E-state index in [-0.39, 0.29) is 0 Å². The third kappa shape index (κ3) is 7.47. The predicted octanol–water partition coefficient (Wildman–Crippen LogP) is 2.04. The van der Waals surface area contributed by atoms with Crippen molar-refractivity contribution in [3.63, 3.8) is 0 Å². The standard InChI is InChI=1S/C7H14O2/c1-2-3-4-5-6-7(8)9/h2-6H2,1H3,(H,8,9)/i1D3,2D2,3D2,4D2,5D2,6D2/hD. The fourth-order valence-corrected chi connectivity index (χ4v) is 0.145. The highest BCUT2D eigenvalue weighted by Gasteiger charge is 1.93. The van der Waals surface area contributed by atoms with Gasteiger partial charge in [0.2, 0.25) is 0 Å². The topological polar surface area (TPSA) is 37.3 Å². The molecule has 0 saturated heterocycles. The molecule has 0 aromatic heterocycles. The van der Waals surface area contributed by atoms with Crippen LogP contribution in [-0.2, 0) is 4.79 Å². The molecule has 0 bridgehead atoms. The fourth-order valence-electron chi connectivity index (χ4n) is 0.145. The zero-order chi connectivity index (χ0) is 19.3. The lowest BCUT2D eigenvalue weighted by molar-refractivity contribution is -0.137. The summed E-state index contributed by atoms with van der Waals surface area (Å²) >= 11 is 0. The van der Waals surface area contributed by atoms with Crippen molar-refractivity contribution in [1.82, 2.24) is 0 Å². The van der Waals surface area contributed by atoms with Crippen LogP contribution in [0.4, 0.5) is 0 Å². The van der Waals surface area contributed by atoms with Crippen LogP contribution in [0.3, 0.4) is 0 Å². The van der Waals surface area contributed by atoms with Gasteiger partial charge in [0.15, 0.2) is 0 Å². The third-order valence-electron chi connectivity index (χ3n) is 0.352. The van der Waals surface area contributed by atoms with Crippen LogP contribution in [0, 0.1) is 0 Å². The average Bonchev–Trinajstić information content (AvgIpc) is 2.35. The zero-order valence-electron chi connectivity index (χ0n) is 18.3. The second-order valence-electron chi connectivity index (χ2n) is 0.912. The van der Waals surface area contributed by atoms with Crippen LogP contribution in [0.2, 0.25) is 0 Å². The van der Waals surface area contributed by atoms with E-state index in [1.54, 1.807) is 0 Å². The summed E-state index contributed by atoms with van der Waals surface area (Å²) in [5.74, 6) is -2.18. The fraction of sp³-hybridized carbons (Fsp3) is 0.857. The highest BCUT2D eigenvalue weighted by Crippen LogP contribution is 2.01. The molecule has 0 rings (SSSR count). The minimum atomic E-state index is -4.13. The highest BCUT2D eigenvalue weighted by molar-refractivity contribution is 5.66. The van der Waals surface area contributed by atoms with Crippen LogP contribution in [-0.4, -0.2) is 11.1 Å². The van der Waals surface area contributed by atoms with E-state index in [1.165, 1.54) is 0 Å². The molecule has 0 amide bonds. The first kappa shape index (κ1) is 1.03. The Labute approximate surface area is 75.6 Å². The first-order chi connectivity index (χ1) is 9.73. The number of carbonyl (C=O) groups is 1. The molecular formula is C7H14O2. The maximum atomic E-state index is 11.2. The summed E-state index contributed by atoms with van der Waals surface area (Å²) < 4.78 is 101. The Kier molecular flexibility index (Phi) is 0.638. The van der Waals surface area contributed by atoms with E-state index in [1.807, 2.05) is 0 Å². The molecule has 0 aliphatic carbocycles. The minimum Gasteiger partial charge on any atom is -0.481 e. The monoisotopic (exact) mass is 144 g/mol. The number of carboxylic acids is 1. The smallest absolute Gasteiger partial charge is 0.303 e. The molecule has 0 aromatic rings. The number of rotatable bonds is 5. The van der Waals surface area contributed by atoms with E-state index in [2.05, 4.69) is 5.11 Å². The number of carboxylic acid groups (broad SMARTS) is 1. The summed E-state index contributed by atoms with van der Waals surface area (Å²) in [6.45, 7) is -3.71. The van der Waals surface area contributed by atoms with Crippen LogP contribution in [0.25, 0.3) is 1.43 Å². The molecule has 2 nitrogen and oxygen atoms in total. The maximum absolute atomic E-state index is 11.2. The summed E-state index contributed by atoms with van der Waals surface area (Å²) in [6.07, 6.45) is -20.1. The summed E-state index contributed by atoms with van der Waals surface area (Å²) in [5, 5.41) is 3.26. The van der Waals surface area contributed by atoms with Gasteiger partial charge in [-0.15, -0.1) is 0 Å². The predicted molar refractivity (Wildman–Crippen MR) is 36.4 cm³/mol. The number of hydrogen-bond donors (Lipinski definition) is 1. The molecule has 0 aliphatic rings. The summed E-state index contributed by atoms with van der Waals surface area (Å²) in [7, 11) is 0. The van der Waals surface area contributed by atoms with Crippen molar-refractivity contribution < 1.29 is 27.7 Å². The van der Waals surface area contributed by atoms with Gasteiger partial charge in [-0.3, -0.25) is 4.79 Å². The summed E-state index contributed by atoms with van der Waals surface area (Å²) in [5.41, 5.74) is 0. The molecule has 9 heavy (non-hydrogen) atoms. The van der Waals surface area contributed by atoms with Crippen molar-refractivity contribution in [1.29, 1.82) is 1.43 Å². The van der Waals surface area contributed by atoms with Crippen LogP contribution in [0.1, 0.15) is 56.5 Å². The Morgan fingerprint density at radius 3 is 3.33 bits per heavy atom. The number of hydrogen-bond acceptors (Lipinski definition) is 2. The molecule has 0 radical (unpaired) electrons. The summed E-state index contributed by atoms with van der Waals surface area (Å²) in [6, 6.07) is 0. The molecule has 0 atom stereocenters. The molecule has 54 valence electrons. The lowest BCUT2D eigenvalue weighted by Crippen LogP contribution is -1.92. The van der Waals surface area contributed by atoms with Crippen LogP contribution >= 0.6 is 0 Å². The second kappa shape index (κ2) is 5.60. The molecule has 0 aromatic carbocycles. The Morgan fingerprint density at radius 2 is 2.67 bits per heavy atom. The van der Waals surface area contributed by atoms with Crippen molar-refractivity contribution in [2.75, 3.05) is 0 Å². The van der Waals surface area contributed by atoms with E-state index in [9.17, 15) is 4.79 Å². The zero-order valence-corrected chi connectivity index (χ0v) is 4.32. The van der Waals surface area contributed by atoms with Gasteiger partial charge in [-0.05, 0) is 6.37 Å². The van der Waals surface area contributed by atoms with Gasteiger partial charge < -0.3 is 5.11 Å². The van der Waals surface area contributed by atoms with Crippen molar-refractivity contribution in [3.8, 4) is 0 Å². The van der Waals surface area contributed by atoms with Crippen molar-refractivity contribution in [3.05, 3.63) is 0 Å². The lowest BCUT2D eigenvalue weighted by Gasteiger charge is -1.92.